The summed E-state index contributed by atoms with van der Waals surface area (Å²) in [7, 11) is 0. The van der Waals surface area contributed by atoms with E-state index >= 15 is 0 Å². The third-order valence-electron chi connectivity index (χ3n) is 5.40. The first kappa shape index (κ1) is 20.5. The molecule has 1 aliphatic rings. The second kappa shape index (κ2) is 9.37. The summed E-state index contributed by atoms with van der Waals surface area (Å²) in [6.07, 6.45) is 10.6. The Kier molecular flexibility index (Phi) is 6.20. The molecule has 2 N–H and O–H groups in total. The topological polar surface area (TPSA) is 101 Å². The van der Waals surface area contributed by atoms with Crippen LogP contribution in [0.25, 0.3) is 12.2 Å². The molecule has 1 saturated heterocycles. The fraction of sp³-hybridized carbons (Fsp3) is 0.250. The molecule has 31 heavy (non-hydrogen) atoms. The number of nitriles is 1. The Morgan fingerprint density at radius 1 is 1.19 bits per heavy atom. The summed E-state index contributed by atoms with van der Waals surface area (Å²) in [4.78, 5) is 24.3. The molecule has 2 aromatic heterocycles. The van der Waals surface area contributed by atoms with E-state index in [4.69, 9.17) is 5.73 Å². The van der Waals surface area contributed by atoms with Crippen molar-refractivity contribution < 1.29 is 0 Å². The second-order valence-corrected chi connectivity index (χ2v) is 7.64. The van der Waals surface area contributed by atoms with E-state index in [2.05, 4.69) is 20.9 Å². The van der Waals surface area contributed by atoms with Crippen LogP contribution in [0.2, 0.25) is 0 Å². The lowest BCUT2D eigenvalue weighted by Gasteiger charge is -2.33. The van der Waals surface area contributed by atoms with Crippen molar-refractivity contribution in [2.24, 2.45) is 5.73 Å². The van der Waals surface area contributed by atoms with Crippen molar-refractivity contribution in [3.05, 3.63) is 87.6 Å². The Morgan fingerprint density at radius 2 is 2.06 bits per heavy atom. The molecule has 7 heteroatoms. The van der Waals surface area contributed by atoms with Gasteiger partial charge in [-0.1, -0.05) is 30.3 Å². The summed E-state index contributed by atoms with van der Waals surface area (Å²) in [5, 5.41) is 9.49. The molecular weight excluding hydrogens is 388 g/mol. The molecular formula is C24H24N6O. The molecule has 156 valence electrons. The van der Waals surface area contributed by atoms with Crippen LogP contribution in [0.5, 0.6) is 0 Å². The lowest BCUT2D eigenvalue weighted by atomic mass is 10.1. The molecule has 3 aromatic rings. The van der Waals surface area contributed by atoms with E-state index in [1.54, 1.807) is 35.3 Å². The highest BCUT2D eigenvalue weighted by molar-refractivity contribution is 5.68. The Bertz CT molecular complexity index is 1180. The minimum absolute atomic E-state index is 0.0515. The van der Waals surface area contributed by atoms with Crippen LogP contribution in [0, 0.1) is 11.3 Å². The van der Waals surface area contributed by atoms with Crippen LogP contribution in [0.15, 0.2) is 59.8 Å². The summed E-state index contributed by atoms with van der Waals surface area (Å²) in [5.74, 6) is 0.589. The average molecular weight is 412 g/mol. The number of hydrogen-bond acceptors (Lipinski definition) is 6. The molecule has 0 bridgehead atoms. The fourth-order valence-electron chi connectivity index (χ4n) is 3.80. The van der Waals surface area contributed by atoms with E-state index in [0.717, 1.165) is 30.5 Å². The number of nitrogens with two attached hydrogens (primary N) is 1. The average Bonchev–Trinajstić information content (AvgIpc) is 2.80. The number of benzene rings is 1. The highest BCUT2D eigenvalue weighted by atomic mass is 16.1. The summed E-state index contributed by atoms with van der Waals surface area (Å²) >= 11 is 0. The van der Waals surface area contributed by atoms with Crippen LogP contribution in [-0.4, -0.2) is 33.7 Å². The van der Waals surface area contributed by atoms with Crippen LogP contribution in [0.4, 0.5) is 5.95 Å². The van der Waals surface area contributed by atoms with Gasteiger partial charge in [0.15, 0.2) is 0 Å². The normalized spacial score (nSPS) is 16.4. The quantitative estimate of drug-likeness (QED) is 0.691. The van der Waals surface area contributed by atoms with Gasteiger partial charge in [0.05, 0.1) is 23.7 Å². The molecule has 0 spiro atoms. The zero-order valence-corrected chi connectivity index (χ0v) is 17.2. The SMILES string of the molecule is N#Cc1ccccc1Cn1c(N2CCC[C@@H](N)C2)ncc(C=Cc2cccnc2)c1=O. The van der Waals surface area contributed by atoms with Gasteiger partial charge in [-0.2, -0.15) is 5.26 Å². The van der Waals surface area contributed by atoms with Gasteiger partial charge in [0.1, 0.15) is 0 Å². The van der Waals surface area contributed by atoms with Crippen molar-refractivity contribution in [2.45, 2.75) is 25.4 Å². The van der Waals surface area contributed by atoms with Crippen molar-refractivity contribution >= 4 is 18.1 Å². The number of piperidine rings is 1. The molecule has 1 aromatic carbocycles. The molecule has 0 radical (unpaired) electrons. The Morgan fingerprint density at radius 3 is 2.84 bits per heavy atom. The predicted molar refractivity (Wildman–Crippen MR) is 121 cm³/mol. The molecule has 1 atom stereocenters. The molecule has 4 rings (SSSR count). The predicted octanol–water partition coefficient (Wildman–Crippen LogP) is 2.66. The second-order valence-electron chi connectivity index (χ2n) is 7.64. The van der Waals surface area contributed by atoms with Gasteiger partial charge in [-0.3, -0.25) is 14.3 Å². The first-order valence-electron chi connectivity index (χ1n) is 10.3. The summed E-state index contributed by atoms with van der Waals surface area (Å²) in [5.41, 5.74) is 8.72. The Hall–Kier alpha value is -3.76. The van der Waals surface area contributed by atoms with Gasteiger partial charge in [-0.25, -0.2) is 4.98 Å². The number of anilines is 1. The lowest BCUT2D eigenvalue weighted by Crippen LogP contribution is -2.45. The van der Waals surface area contributed by atoms with Crippen LogP contribution in [0.3, 0.4) is 0 Å². The Balaban J connectivity index is 1.76. The molecule has 0 aliphatic carbocycles. The zero-order valence-electron chi connectivity index (χ0n) is 17.2. The highest BCUT2D eigenvalue weighted by Gasteiger charge is 2.22. The molecule has 1 fully saturated rings. The van der Waals surface area contributed by atoms with Crippen molar-refractivity contribution in [3.8, 4) is 6.07 Å². The molecule has 0 amide bonds. The standard InChI is InChI=1S/C24H24N6O/c25-13-19-6-1-2-7-21(19)16-30-23(31)20(10-9-18-5-3-11-27-14-18)15-28-24(30)29-12-4-8-22(26)17-29/h1-3,5-7,9-11,14-15,22H,4,8,12,16-17,26H2/t22-/m1/s1. The van der Waals surface area contributed by atoms with Gasteiger partial charge < -0.3 is 10.6 Å². The van der Waals surface area contributed by atoms with Crippen LogP contribution < -0.4 is 16.2 Å². The van der Waals surface area contributed by atoms with E-state index in [1.165, 1.54) is 0 Å². The summed E-state index contributed by atoms with van der Waals surface area (Å²) in [6.45, 7) is 1.72. The van der Waals surface area contributed by atoms with E-state index in [1.807, 2.05) is 36.4 Å². The van der Waals surface area contributed by atoms with E-state index in [9.17, 15) is 10.1 Å². The molecule has 0 unspecified atom stereocenters. The van der Waals surface area contributed by atoms with Crippen molar-refractivity contribution in [2.75, 3.05) is 18.0 Å². The monoisotopic (exact) mass is 412 g/mol. The minimum atomic E-state index is -0.156. The fourth-order valence-corrected chi connectivity index (χ4v) is 3.80. The zero-order chi connectivity index (χ0) is 21.6. The Labute approximate surface area is 181 Å². The minimum Gasteiger partial charge on any atom is -0.341 e. The molecule has 7 nitrogen and oxygen atoms in total. The largest absolute Gasteiger partial charge is 0.341 e. The van der Waals surface area contributed by atoms with Gasteiger partial charge in [0.2, 0.25) is 5.95 Å². The van der Waals surface area contributed by atoms with E-state index in [-0.39, 0.29) is 18.1 Å². The third-order valence-corrected chi connectivity index (χ3v) is 5.40. The third kappa shape index (κ3) is 4.71. The number of nitrogens with zero attached hydrogens (tertiary/aromatic N) is 5. The van der Waals surface area contributed by atoms with E-state index in [0.29, 0.717) is 23.6 Å². The lowest BCUT2D eigenvalue weighted by molar-refractivity contribution is 0.490. The van der Waals surface area contributed by atoms with E-state index < -0.39 is 0 Å². The molecule has 1 aliphatic heterocycles. The number of aromatic nitrogens is 3. The number of hydrogen-bond donors (Lipinski definition) is 1. The van der Waals surface area contributed by atoms with Crippen LogP contribution in [-0.2, 0) is 6.54 Å². The first-order valence-corrected chi connectivity index (χ1v) is 10.3. The van der Waals surface area contributed by atoms with Crippen LogP contribution >= 0.6 is 0 Å². The van der Waals surface area contributed by atoms with Crippen molar-refractivity contribution in [3.63, 3.8) is 0 Å². The first-order chi connectivity index (χ1) is 15.2. The maximum absolute atomic E-state index is 13.5. The van der Waals surface area contributed by atoms with Crippen LogP contribution in [0.1, 0.15) is 35.1 Å². The number of pyridine rings is 1. The maximum Gasteiger partial charge on any atom is 0.262 e. The summed E-state index contributed by atoms with van der Waals surface area (Å²) < 4.78 is 1.65. The van der Waals surface area contributed by atoms with Gasteiger partial charge >= 0.3 is 0 Å². The van der Waals surface area contributed by atoms with Crippen molar-refractivity contribution in [1.29, 1.82) is 5.26 Å². The molecule has 0 saturated carbocycles. The summed E-state index contributed by atoms with van der Waals surface area (Å²) in [6, 6.07) is 13.4. The highest BCUT2D eigenvalue weighted by Crippen LogP contribution is 2.19. The van der Waals surface area contributed by atoms with Crippen molar-refractivity contribution in [1.82, 2.24) is 14.5 Å². The van der Waals surface area contributed by atoms with Gasteiger partial charge in [0.25, 0.3) is 5.56 Å². The smallest absolute Gasteiger partial charge is 0.262 e. The van der Waals surface area contributed by atoms with Gasteiger partial charge in [-0.05, 0) is 42.2 Å². The van der Waals surface area contributed by atoms with Gasteiger partial charge in [0, 0.05) is 37.7 Å². The maximum atomic E-state index is 13.5. The van der Waals surface area contributed by atoms with Gasteiger partial charge in [-0.15, -0.1) is 0 Å². The number of rotatable bonds is 5. The molecule has 3 heterocycles.